The maximum Gasteiger partial charge on any atom is 0.410 e. The van der Waals surface area contributed by atoms with Crippen molar-refractivity contribution in [3.8, 4) is 0 Å². The first kappa shape index (κ1) is 14.2. The van der Waals surface area contributed by atoms with Gasteiger partial charge in [-0.2, -0.15) is 0 Å². The number of carboxylic acid groups (broad SMARTS) is 1. The third-order valence-electron chi connectivity index (χ3n) is 4.01. The van der Waals surface area contributed by atoms with E-state index in [2.05, 4.69) is 0 Å². The van der Waals surface area contributed by atoms with Gasteiger partial charge in [-0.05, 0) is 45.4 Å². The van der Waals surface area contributed by atoms with Gasteiger partial charge in [-0.15, -0.1) is 0 Å². The van der Waals surface area contributed by atoms with E-state index in [0.717, 1.165) is 19.3 Å². The Balaban J connectivity index is 2.05. The summed E-state index contributed by atoms with van der Waals surface area (Å²) in [5, 5.41) is 9.32. The Hall–Kier alpha value is -1.26. The van der Waals surface area contributed by atoms with Crippen molar-refractivity contribution in [3.63, 3.8) is 0 Å². The summed E-state index contributed by atoms with van der Waals surface area (Å²) in [4.78, 5) is 25.1. The Labute approximate surface area is 113 Å². The fourth-order valence-electron chi connectivity index (χ4n) is 3.32. The molecule has 2 fully saturated rings. The molecule has 0 aromatic rings. The second kappa shape index (κ2) is 5.02. The Morgan fingerprint density at radius 2 is 1.68 bits per heavy atom. The smallest absolute Gasteiger partial charge is 0.410 e. The van der Waals surface area contributed by atoms with Gasteiger partial charge >= 0.3 is 12.1 Å². The number of amides is 1. The molecule has 5 heteroatoms. The van der Waals surface area contributed by atoms with E-state index in [-0.39, 0.29) is 23.8 Å². The zero-order valence-corrected chi connectivity index (χ0v) is 11.9. The fourth-order valence-corrected chi connectivity index (χ4v) is 3.32. The van der Waals surface area contributed by atoms with Crippen LogP contribution in [0.1, 0.15) is 40.0 Å². The quantitative estimate of drug-likeness (QED) is 0.793. The molecule has 3 atom stereocenters. The summed E-state index contributed by atoms with van der Waals surface area (Å²) in [6, 6.07) is 0. The molecule has 5 nitrogen and oxygen atoms in total. The van der Waals surface area contributed by atoms with E-state index in [1.165, 1.54) is 0 Å². The predicted molar refractivity (Wildman–Crippen MR) is 69.8 cm³/mol. The molecule has 0 radical (unpaired) electrons. The van der Waals surface area contributed by atoms with E-state index in [1.54, 1.807) is 4.90 Å². The maximum atomic E-state index is 12.1. The first-order chi connectivity index (χ1) is 8.78. The molecule has 19 heavy (non-hydrogen) atoms. The Bertz CT molecular complexity index is 360. The topological polar surface area (TPSA) is 66.8 Å². The molecule has 108 valence electrons. The normalized spacial score (nSPS) is 30.9. The van der Waals surface area contributed by atoms with Gasteiger partial charge in [-0.25, -0.2) is 4.79 Å². The standard InChI is InChI=1S/C14H23NO4/c1-14(2,3)19-13(18)15-7-9-5-4-6-10(8-15)11(9)12(16)17/h9-11H,4-8H2,1-3H3,(H,16,17)/t9-,10+,11?. The summed E-state index contributed by atoms with van der Waals surface area (Å²) in [5.41, 5.74) is -0.504. The number of fused-ring (bicyclic) bond motifs is 2. The van der Waals surface area contributed by atoms with Crippen LogP contribution in [-0.2, 0) is 9.53 Å². The first-order valence-electron chi connectivity index (χ1n) is 6.98. The third kappa shape index (κ3) is 3.19. The van der Waals surface area contributed by atoms with Gasteiger partial charge in [0.1, 0.15) is 5.60 Å². The van der Waals surface area contributed by atoms with Gasteiger partial charge in [0.15, 0.2) is 0 Å². The van der Waals surface area contributed by atoms with E-state index in [0.29, 0.717) is 13.1 Å². The molecule has 1 aliphatic carbocycles. The second-order valence-electron chi connectivity index (χ2n) is 6.70. The number of carboxylic acids is 1. The van der Waals surface area contributed by atoms with Crippen molar-refractivity contribution < 1.29 is 19.4 Å². The van der Waals surface area contributed by atoms with Gasteiger partial charge < -0.3 is 14.7 Å². The van der Waals surface area contributed by atoms with Crippen molar-refractivity contribution in [2.24, 2.45) is 17.8 Å². The van der Waals surface area contributed by atoms with Crippen LogP contribution in [0, 0.1) is 17.8 Å². The van der Waals surface area contributed by atoms with E-state index < -0.39 is 11.6 Å². The number of aliphatic carboxylic acids is 1. The van der Waals surface area contributed by atoms with Gasteiger partial charge in [-0.1, -0.05) is 6.42 Å². The molecule has 1 N–H and O–H groups in total. The fraction of sp³-hybridized carbons (Fsp3) is 0.857. The Morgan fingerprint density at radius 1 is 1.16 bits per heavy atom. The van der Waals surface area contributed by atoms with E-state index in [1.807, 2.05) is 20.8 Å². The lowest BCUT2D eigenvalue weighted by Crippen LogP contribution is -2.53. The molecule has 1 saturated heterocycles. The Morgan fingerprint density at radius 3 is 2.11 bits per heavy atom. The number of piperidine rings is 1. The summed E-state index contributed by atoms with van der Waals surface area (Å²) in [6.45, 7) is 6.56. The van der Waals surface area contributed by atoms with Crippen molar-refractivity contribution >= 4 is 12.1 Å². The zero-order chi connectivity index (χ0) is 14.2. The van der Waals surface area contributed by atoms with E-state index >= 15 is 0 Å². The van der Waals surface area contributed by atoms with Crippen LogP contribution in [0.25, 0.3) is 0 Å². The van der Waals surface area contributed by atoms with E-state index in [9.17, 15) is 14.7 Å². The van der Waals surface area contributed by atoms with Crippen LogP contribution in [0.4, 0.5) is 4.79 Å². The van der Waals surface area contributed by atoms with Crippen LogP contribution in [0.2, 0.25) is 0 Å². The molecule has 0 aromatic heterocycles. The highest BCUT2D eigenvalue weighted by Crippen LogP contribution is 2.40. The predicted octanol–water partition coefficient (Wildman–Crippen LogP) is 2.35. The van der Waals surface area contributed by atoms with Gasteiger partial charge in [0.2, 0.25) is 0 Å². The molecule has 0 spiro atoms. The molecule has 1 amide bonds. The molecule has 1 saturated carbocycles. The highest BCUT2D eigenvalue weighted by atomic mass is 16.6. The first-order valence-corrected chi connectivity index (χ1v) is 6.98. The summed E-state index contributed by atoms with van der Waals surface area (Å²) in [7, 11) is 0. The molecular weight excluding hydrogens is 246 g/mol. The highest BCUT2D eigenvalue weighted by Gasteiger charge is 2.45. The van der Waals surface area contributed by atoms with Crippen LogP contribution in [-0.4, -0.2) is 40.8 Å². The molecule has 1 heterocycles. The lowest BCUT2D eigenvalue weighted by atomic mass is 9.69. The summed E-state index contributed by atoms with van der Waals surface area (Å²) in [5.74, 6) is -0.832. The molecule has 1 aliphatic heterocycles. The molecule has 2 bridgehead atoms. The monoisotopic (exact) mass is 269 g/mol. The van der Waals surface area contributed by atoms with Crippen molar-refractivity contribution in [3.05, 3.63) is 0 Å². The number of carbonyl (C=O) groups is 2. The number of rotatable bonds is 1. The van der Waals surface area contributed by atoms with Crippen molar-refractivity contribution in [2.45, 2.75) is 45.6 Å². The van der Waals surface area contributed by atoms with Crippen LogP contribution in [0.3, 0.4) is 0 Å². The van der Waals surface area contributed by atoms with Crippen molar-refractivity contribution in [1.82, 2.24) is 4.90 Å². The number of hydrogen-bond acceptors (Lipinski definition) is 3. The van der Waals surface area contributed by atoms with Crippen LogP contribution < -0.4 is 0 Å². The number of nitrogens with zero attached hydrogens (tertiary/aromatic N) is 1. The number of ether oxygens (including phenoxy) is 1. The highest BCUT2D eigenvalue weighted by molar-refractivity contribution is 5.73. The average molecular weight is 269 g/mol. The van der Waals surface area contributed by atoms with Gasteiger partial charge in [0.25, 0.3) is 0 Å². The van der Waals surface area contributed by atoms with Gasteiger partial charge in [0, 0.05) is 13.1 Å². The summed E-state index contributed by atoms with van der Waals surface area (Å²) >= 11 is 0. The Kier molecular flexibility index (Phi) is 3.74. The number of carbonyl (C=O) groups excluding carboxylic acids is 1. The molecule has 2 rings (SSSR count). The lowest BCUT2D eigenvalue weighted by Gasteiger charge is -2.45. The SMILES string of the molecule is CC(C)(C)OC(=O)N1C[C@H]2CCC[C@@H](C1)C2C(=O)O. The molecule has 0 aromatic carbocycles. The molecular formula is C14H23NO4. The maximum absolute atomic E-state index is 12.1. The third-order valence-corrected chi connectivity index (χ3v) is 4.01. The van der Waals surface area contributed by atoms with Crippen LogP contribution in [0.15, 0.2) is 0 Å². The van der Waals surface area contributed by atoms with Crippen molar-refractivity contribution in [1.29, 1.82) is 0 Å². The van der Waals surface area contributed by atoms with E-state index in [4.69, 9.17) is 4.74 Å². The summed E-state index contributed by atoms with van der Waals surface area (Å²) in [6.07, 6.45) is 2.55. The van der Waals surface area contributed by atoms with Crippen molar-refractivity contribution in [2.75, 3.05) is 13.1 Å². The van der Waals surface area contributed by atoms with Crippen LogP contribution in [0.5, 0.6) is 0 Å². The molecule has 2 aliphatic rings. The minimum absolute atomic E-state index is 0.0810. The number of hydrogen-bond donors (Lipinski definition) is 1. The lowest BCUT2D eigenvalue weighted by molar-refractivity contribution is -0.151. The van der Waals surface area contributed by atoms with Crippen LogP contribution >= 0.6 is 0 Å². The summed E-state index contributed by atoms with van der Waals surface area (Å²) < 4.78 is 5.38. The largest absolute Gasteiger partial charge is 0.481 e. The average Bonchev–Trinajstić information content (AvgIpc) is 2.24. The minimum Gasteiger partial charge on any atom is -0.481 e. The second-order valence-corrected chi connectivity index (χ2v) is 6.70. The zero-order valence-electron chi connectivity index (χ0n) is 11.9. The number of likely N-dealkylation sites (tertiary alicyclic amines) is 1. The molecule has 1 unspecified atom stereocenters. The van der Waals surface area contributed by atoms with Gasteiger partial charge in [0.05, 0.1) is 5.92 Å². The van der Waals surface area contributed by atoms with Gasteiger partial charge in [-0.3, -0.25) is 4.79 Å². The minimum atomic E-state index is -0.710.